The molecular formula is C15H18ClNO. The van der Waals surface area contributed by atoms with Crippen LogP contribution in [0.1, 0.15) is 24.8 Å². The number of hydrogen-bond acceptors (Lipinski definition) is 2. The third kappa shape index (κ3) is 4.28. The summed E-state index contributed by atoms with van der Waals surface area (Å²) < 4.78 is 0. The van der Waals surface area contributed by atoms with Gasteiger partial charge in [0.2, 0.25) is 0 Å². The molecule has 1 aromatic carbocycles. The average molecular weight is 264 g/mol. The van der Waals surface area contributed by atoms with Crippen LogP contribution in [0.15, 0.2) is 30.3 Å². The van der Waals surface area contributed by atoms with Crippen molar-refractivity contribution in [2.24, 2.45) is 0 Å². The lowest BCUT2D eigenvalue weighted by molar-refractivity contribution is -0.118. The summed E-state index contributed by atoms with van der Waals surface area (Å²) in [5.41, 5.74) is 1.16. The number of hydrogen-bond donors (Lipinski definition) is 0. The van der Waals surface area contributed by atoms with E-state index in [2.05, 4.69) is 17.1 Å². The number of rotatable bonds is 3. The highest BCUT2D eigenvalue weighted by Gasteiger charge is 2.12. The maximum Gasteiger partial charge on any atom is 0.134 e. The molecule has 0 N–H and O–H groups in total. The minimum absolute atomic E-state index is 0.402. The molecule has 18 heavy (non-hydrogen) atoms. The largest absolute Gasteiger partial charge is 0.300 e. The van der Waals surface area contributed by atoms with Gasteiger partial charge in [0, 0.05) is 31.0 Å². The molecule has 0 amide bonds. The Balaban J connectivity index is 1.83. The maximum atomic E-state index is 11.3. The van der Waals surface area contributed by atoms with Crippen molar-refractivity contribution >= 4 is 23.5 Å². The highest BCUT2D eigenvalue weighted by Crippen LogP contribution is 2.11. The van der Waals surface area contributed by atoms with Crippen molar-refractivity contribution in [2.75, 3.05) is 19.6 Å². The summed E-state index contributed by atoms with van der Waals surface area (Å²) in [6.45, 7) is 2.83. The fourth-order valence-corrected chi connectivity index (χ4v) is 2.24. The smallest absolute Gasteiger partial charge is 0.134 e. The van der Waals surface area contributed by atoms with Crippen LogP contribution in [0.5, 0.6) is 0 Å². The van der Waals surface area contributed by atoms with Crippen LogP contribution in [0.2, 0.25) is 5.02 Å². The summed E-state index contributed by atoms with van der Waals surface area (Å²) in [6.07, 6.45) is 6.70. The zero-order valence-electron chi connectivity index (χ0n) is 10.4. The fraction of sp³-hybridized carbons (Fsp3) is 0.400. The molecule has 3 heteroatoms. The van der Waals surface area contributed by atoms with Crippen molar-refractivity contribution in [2.45, 2.75) is 19.3 Å². The molecule has 0 aliphatic carbocycles. The van der Waals surface area contributed by atoms with E-state index in [0.717, 1.165) is 43.1 Å². The summed E-state index contributed by atoms with van der Waals surface area (Å²) in [5, 5.41) is 0.762. The fourth-order valence-electron chi connectivity index (χ4n) is 2.11. The number of nitrogens with zero attached hydrogens (tertiary/aromatic N) is 1. The first-order valence-corrected chi connectivity index (χ1v) is 6.78. The topological polar surface area (TPSA) is 20.3 Å². The van der Waals surface area contributed by atoms with Gasteiger partial charge in [0.15, 0.2) is 0 Å². The molecule has 96 valence electrons. The molecule has 1 aliphatic heterocycles. The third-order valence-corrected chi connectivity index (χ3v) is 3.43. The van der Waals surface area contributed by atoms with Gasteiger partial charge in [-0.15, -0.1) is 0 Å². The summed E-state index contributed by atoms with van der Waals surface area (Å²) in [7, 11) is 0. The number of carbonyl (C=O) groups is 1. The summed E-state index contributed by atoms with van der Waals surface area (Å²) in [4.78, 5) is 13.6. The van der Waals surface area contributed by atoms with Crippen LogP contribution in [0.4, 0.5) is 0 Å². The van der Waals surface area contributed by atoms with Crippen molar-refractivity contribution in [3.63, 3.8) is 0 Å². The van der Waals surface area contributed by atoms with Gasteiger partial charge in [-0.05, 0) is 30.7 Å². The van der Waals surface area contributed by atoms with Crippen LogP contribution in [-0.4, -0.2) is 30.3 Å². The molecule has 0 bridgehead atoms. The Morgan fingerprint density at radius 1 is 1.17 bits per heavy atom. The van der Waals surface area contributed by atoms with Crippen LogP contribution in [0.25, 0.3) is 6.08 Å². The zero-order chi connectivity index (χ0) is 12.8. The van der Waals surface area contributed by atoms with E-state index in [1.807, 2.05) is 24.3 Å². The second-order valence-electron chi connectivity index (χ2n) is 4.65. The second kappa shape index (κ2) is 6.72. The van der Waals surface area contributed by atoms with E-state index in [0.29, 0.717) is 12.2 Å². The average Bonchev–Trinajstić information content (AvgIpc) is 2.57. The number of ketones is 1. The van der Waals surface area contributed by atoms with E-state index in [1.54, 1.807) is 0 Å². The molecule has 1 aromatic rings. The highest BCUT2D eigenvalue weighted by molar-refractivity contribution is 6.30. The molecule has 0 atom stereocenters. The Morgan fingerprint density at radius 2 is 1.94 bits per heavy atom. The molecule has 0 aromatic heterocycles. The van der Waals surface area contributed by atoms with E-state index < -0.39 is 0 Å². The molecule has 1 fully saturated rings. The van der Waals surface area contributed by atoms with E-state index in [9.17, 15) is 4.79 Å². The van der Waals surface area contributed by atoms with Crippen molar-refractivity contribution in [1.29, 1.82) is 0 Å². The molecular weight excluding hydrogens is 246 g/mol. The second-order valence-corrected chi connectivity index (χ2v) is 5.08. The van der Waals surface area contributed by atoms with Crippen LogP contribution < -0.4 is 0 Å². The Morgan fingerprint density at radius 3 is 2.72 bits per heavy atom. The van der Waals surface area contributed by atoms with Crippen molar-refractivity contribution in [3.05, 3.63) is 40.9 Å². The first-order valence-electron chi connectivity index (χ1n) is 6.40. The SMILES string of the molecule is O=C1CCCN(C/C=C/c2ccc(Cl)cc2)CC1. The van der Waals surface area contributed by atoms with Gasteiger partial charge in [0.25, 0.3) is 0 Å². The standard InChI is InChI=1S/C15H18ClNO/c16-14-7-5-13(6-8-14)3-1-10-17-11-2-4-15(18)9-12-17/h1,3,5-8H,2,4,9-12H2/b3-1+. The summed E-state index contributed by atoms with van der Waals surface area (Å²) in [5.74, 6) is 0.402. The van der Waals surface area contributed by atoms with Crippen molar-refractivity contribution in [3.8, 4) is 0 Å². The monoisotopic (exact) mass is 263 g/mol. The molecule has 1 aliphatic rings. The van der Waals surface area contributed by atoms with Crippen LogP contribution >= 0.6 is 11.6 Å². The van der Waals surface area contributed by atoms with E-state index in [1.165, 1.54) is 0 Å². The van der Waals surface area contributed by atoms with E-state index in [4.69, 9.17) is 11.6 Å². The lowest BCUT2D eigenvalue weighted by Crippen LogP contribution is -2.24. The molecule has 0 spiro atoms. The minimum Gasteiger partial charge on any atom is -0.300 e. The zero-order valence-corrected chi connectivity index (χ0v) is 11.2. The Labute approximate surface area is 113 Å². The number of carbonyl (C=O) groups excluding carboxylic acids is 1. The molecule has 0 saturated carbocycles. The van der Waals surface area contributed by atoms with Crippen LogP contribution in [-0.2, 0) is 4.79 Å². The molecule has 2 rings (SSSR count). The van der Waals surface area contributed by atoms with Gasteiger partial charge >= 0.3 is 0 Å². The predicted octanol–water partition coefficient (Wildman–Crippen LogP) is 3.41. The number of benzene rings is 1. The number of Topliss-reactive ketones (excluding diaryl/α,β-unsaturated/α-hetero) is 1. The minimum atomic E-state index is 0.402. The predicted molar refractivity (Wildman–Crippen MR) is 75.8 cm³/mol. The molecule has 2 nitrogen and oxygen atoms in total. The van der Waals surface area contributed by atoms with Gasteiger partial charge < -0.3 is 0 Å². The van der Waals surface area contributed by atoms with Crippen LogP contribution in [0, 0.1) is 0 Å². The lowest BCUT2D eigenvalue weighted by atomic mass is 10.2. The summed E-state index contributed by atoms with van der Waals surface area (Å²) >= 11 is 5.84. The van der Waals surface area contributed by atoms with Gasteiger partial charge in [-0.25, -0.2) is 0 Å². The molecule has 0 radical (unpaired) electrons. The molecule has 1 saturated heterocycles. The van der Waals surface area contributed by atoms with Gasteiger partial charge in [0.05, 0.1) is 0 Å². The van der Waals surface area contributed by atoms with E-state index >= 15 is 0 Å². The first-order chi connectivity index (χ1) is 8.74. The van der Waals surface area contributed by atoms with Gasteiger partial charge in [-0.1, -0.05) is 35.9 Å². The molecule has 0 unspecified atom stereocenters. The van der Waals surface area contributed by atoms with Gasteiger partial charge in [0.1, 0.15) is 5.78 Å². The quantitative estimate of drug-likeness (QED) is 0.833. The van der Waals surface area contributed by atoms with Crippen molar-refractivity contribution < 1.29 is 4.79 Å². The summed E-state index contributed by atoms with van der Waals surface area (Å²) in [6, 6.07) is 7.80. The van der Waals surface area contributed by atoms with Crippen molar-refractivity contribution in [1.82, 2.24) is 4.90 Å². The normalized spacial score (nSPS) is 18.2. The number of likely N-dealkylation sites (tertiary alicyclic amines) is 1. The number of halogens is 1. The molecule has 1 heterocycles. The lowest BCUT2D eigenvalue weighted by Gasteiger charge is -2.16. The van der Waals surface area contributed by atoms with Crippen LogP contribution in [0.3, 0.4) is 0 Å². The Kier molecular flexibility index (Phi) is 4.97. The Bertz CT molecular complexity index is 425. The van der Waals surface area contributed by atoms with Gasteiger partial charge in [-0.3, -0.25) is 9.69 Å². The Hall–Kier alpha value is -1.12. The maximum absolute atomic E-state index is 11.3. The third-order valence-electron chi connectivity index (χ3n) is 3.18. The van der Waals surface area contributed by atoms with Gasteiger partial charge in [-0.2, -0.15) is 0 Å². The van der Waals surface area contributed by atoms with E-state index in [-0.39, 0.29) is 0 Å². The first kappa shape index (κ1) is 13.3. The highest BCUT2D eigenvalue weighted by atomic mass is 35.5.